The standard InChI is InChI=1S/C16H17NO3S/c1-20-16(8-5-9-16)15-17-14(11-6-3-2-4-7-11)12(21-15)10-13(18)19/h2-4,6-7H,5,8-10H2,1H3,(H,18,19). The van der Waals surface area contributed by atoms with Gasteiger partial charge in [-0.15, -0.1) is 11.3 Å². The molecule has 1 saturated carbocycles. The van der Waals surface area contributed by atoms with Gasteiger partial charge in [-0.05, 0) is 19.3 Å². The van der Waals surface area contributed by atoms with Crippen LogP contribution in [0.2, 0.25) is 0 Å². The Morgan fingerprint density at radius 2 is 2.10 bits per heavy atom. The fourth-order valence-corrected chi connectivity index (χ4v) is 3.93. The van der Waals surface area contributed by atoms with Gasteiger partial charge in [-0.1, -0.05) is 30.3 Å². The normalized spacial score (nSPS) is 16.4. The maximum absolute atomic E-state index is 11.1. The lowest BCUT2D eigenvalue weighted by Gasteiger charge is -2.38. The van der Waals surface area contributed by atoms with Crippen LogP contribution in [0.25, 0.3) is 11.3 Å². The molecule has 21 heavy (non-hydrogen) atoms. The number of hydrogen-bond acceptors (Lipinski definition) is 4. The Labute approximate surface area is 127 Å². The highest BCUT2D eigenvalue weighted by atomic mass is 32.1. The number of benzene rings is 1. The smallest absolute Gasteiger partial charge is 0.308 e. The highest BCUT2D eigenvalue weighted by Crippen LogP contribution is 2.47. The number of carbonyl (C=O) groups is 1. The van der Waals surface area contributed by atoms with Crippen LogP contribution < -0.4 is 0 Å². The molecule has 1 aromatic carbocycles. The molecule has 1 aromatic heterocycles. The number of carboxylic acids is 1. The van der Waals surface area contributed by atoms with Gasteiger partial charge >= 0.3 is 5.97 Å². The molecule has 1 fully saturated rings. The average Bonchev–Trinajstić information content (AvgIpc) is 2.82. The SMILES string of the molecule is COC1(c2nc(-c3ccccc3)c(CC(=O)O)s2)CCC1. The lowest BCUT2D eigenvalue weighted by molar-refractivity contribution is -0.136. The first-order valence-electron chi connectivity index (χ1n) is 6.97. The number of methoxy groups -OCH3 is 1. The van der Waals surface area contributed by atoms with Gasteiger partial charge in [0.05, 0.1) is 12.1 Å². The maximum atomic E-state index is 11.1. The molecule has 1 aliphatic rings. The Kier molecular flexibility index (Phi) is 3.78. The summed E-state index contributed by atoms with van der Waals surface area (Å²) in [5.41, 5.74) is 1.44. The molecule has 4 nitrogen and oxygen atoms in total. The van der Waals surface area contributed by atoms with Crippen molar-refractivity contribution < 1.29 is 14.6 Å². The zero-order valence-corrected chi connectivity index (χ0v) is 12.7. The highest BCUT2D eigenvalue weighted by Gasteiger charge is 2.42. The van der Waals surface area contributed by atoms with Crippen LogP contribution in [0.15, 0.2) is 30.3 Å². The minimum Gasteiger partial charge on any atom is -0.481 e. The Balaban J connectivity index is 2.05. The monoisotopic (exact) mass is 303 g/mol. The number of nitrogens with zero attached hydrogens (tertiary/aromatic N) is 1. The zero-order valence-electron chi connectivity index (χ0n) is 11.8. The van der Waals surface area contributed by atoms with Gasteiger partial charge in [-0.25, -0.2) is 4.98 Å². The Morgan fingerprint density at radius 1 is 1.38 bits per heavy atom. The van der Waals surface area contributed by atoms with E-state index in [-0.39, 0.29) is 12.0 Å². The molecular formula is C16H17NO3S. The minimum atomic E-state index is -0.831. The van der Waals surface area contributed by atoms with Crippen molar-refractivity contribution in [1.29, 1.82) is 0 Å². The quantitative estimate of drug-likeness (QED) is 0.919. The molecule has 2 aromatic rings. The van der Waals surface area contributed by atoms with Crippen LogP contribution >= 0.6 is 11.3 Å². The summed E-state index contributed by atoms with van der Waals surface area (Å²) in [6.07, 6.45) is 3.04. The topological polar surface area (TPSA) is 59.4 Å². The Bertz CT molecular complexity index is 641. The van der Waals surface area contributed by atoms with Gasteiger partial charge in [0.1, 0.15) is 10.6 Å². The van der Waals surface area contributed by atoms with Crippen molar-refractivity contribution in [3.8, 4) is 11.3 Å². The number of thiazole rings is 1. The summed E-state index contributed by atoms with van der Waals surface area (Å²) in [6, 6.07) is 9.74. The van der Waals surface area contributed by atoms with Crippen molar-refractivity contribution in [1.82, 2.24) is 4.98 Å². The second-order valence-electron chi connectivity index (χ2n) is 5.28. The van der Waals surface area contributed by atoms with Crippen LogP contribution in [-0.2, 0) is 21.6 Å². The van der Waals surface area contributed by atoms with Crippen LogP contribution in [0.4, 0.5) is 0 Å². The van der Waals surface area contributed by atoms with E-state index in [0.29, 0.717) is 0 Å². The lowest BCUT2D eigenvalue weighted by Crippen LogP contribution is -2.35. The van der Waals surface area contributed by atoms with Crippen LogP contribution in [0.5, 0.6) is 0 Å². The third-order valence-electron chi connectivity index (χ3n) is 4.00. The fourth-order valence-electron chi connectivity index (χ4n) is 2.63. The van der Waals surface area contributed by atoms with Gasteiger partial charge in [0, 0.05) is 17.6 Å². The molecular weight excluding hydrogens is 286 g/mol. The first kappa shape index (κ1) is 14.2. The van der Waals surface area contributed by atoms with Gasteiger partial charge in [0.15, 0.2) is 0 Å². The van der Waals surface area contributed by atoms with Crippen LogP contribution in [-0.4, -0.2) is 23.2 Å². The van der Waals surface area contributed by atoms with Crippen molar-refractivity contribution in [2.75, 3.05) is 7.11 Å². The number of aliphatic carboxylic acids is 1. The second-order valence-corrected chi connectivity index (χ2v) is 6.36. The highest BCUT2D eigenvalue weighted by molar-refractivity contribution is 7.12. The molecule has 0 amide bonds. The van der Waals surface area contributed by atoms with Crippen LogP contribution in [0.1, 0.15) is 29.1 Å². The predicted octanol–water partition coefficient (Wildman–Crippen LogP) is 3.46. The van der Waals surface area contributed by atoms with Gasteiger partial charge in [0.25, 0.3) is 0 Å². The summed E-state index contributed by atoms with van der Waals surface area (Å²) in [7, 11) is 1.71. The number of hydrogen-bond donors (Lipinski definition) is 1. The fraction of sp³-hybridized carbons (Fsp3) is 0.375. The van der Waals surface area contributed by atoms with Crippen LogP contribution in [0, 0.1) is 0 Å². The molecule has 0 radical (unpaired) electrons. The maximum Gasteiger partial charge on any atom is 0.308 e. The van der Waals surface area contributed by atoms with E-state index in [4.69, 9.17) is 14.8 Å². The van der Waals surface area contributed by atoms with Crippen molar-refractivity contribution >= 4 is 17.3 Å². The summed E-state index contributed by atoms with van der Waals surface area (Å²) in [6.45, 7) is 0. The van der Waals surface area contributed by atoms with Crippen molar-refractivity contribution in [3.05, 3.63) is 40.2 Å². The van der Waals surface area contributed by atoms with E-state index in [2.05, 4.69) is 0 Å². The molecule has 110 valence electrons. The Morgan fingerprint density at radius 3 is 2.62 bits per heavy atom. The summed E-state index contributed by atoms with van der Waals surface area (Å²) >= 11 is 1.47. The molecule has 0 bridgehead atoms. The largest absolute Gasteiger partial charge is 0.481 e. The van der Waals surface area contributed by atoms with E-state index >= 15 is 0 Å². The van der Waals surface area contributed by atoms with E-state index in [0.717, 1.165) is 40.4 Å². The summed E-state index contributed by atoms with van der Waals surface area (Å²) in [5.74, 6) is -0.831. The number of aromatic nitrogens is 1. The van der Waals surface area contributed by atoms with Crippen molar-refractivity contribution in [2.45, 2.75) is 31.3 Å². The van der Waals surface area contributed by atoms with E-state index in [1.54, 1.807) is 7.11 Å². The summed E-state index contributed by atoms with van der Waals surface area (Å²) < 4.78 is 5.67. The first-order chi connectivity index (χ1) is 10.1. The molecule has 0 atom stereocenters. The molecule has 1 aliphatic carbocycles. The summed E-state index contributed by atoms with van der Waals surface area (Å²) in [5, 5.41) is 10.0. The molecule has 5 heteroatoms. The number of carboxylic acid groups (broad SMARTS) is 1. The van der Waals surface area contributed by atoms with E-state index in [1.807, 2.05) is 30.3 Å². The Hall–Kier alpha value is -1.72. The molecule has 0 saturated heterocycles. The molecule has 3 rings (SSSR count). The molecule has 0 aliphatic heterocycles. The van der Waals surface area contributed by atoms with E-state index in [9.17, 15) is 4.79 Å². The lowest BCUT2D eigenvalue weighted by atomic mass is 9.80. The molecule has 1 heterocycles. The minimum absolute atomic E-state index is 0.00168. The summed E-state index contributed by atoms with van der Waals surface area (Å²) in [4.78, 5) is 16.6. The van der Waals surface area contributed by atoms with Crippen molar-refractivity contribution in [3.63, 3.8) is 0 Å². The number of ether oxygens (including phenoxy) is 1. The van der Waals surface area contributed by atoms with Gasteiger partial charge in [-0.3, -0.25) is 4.79 Å². The van der Waals surface area contributed by atoms with E-state index in [1.165, 1.54) is 11.3 Å². The van der Waals surface area contributed by atoms with E-state index < -0.39 is 5.97 Å². The first-order valence-corrected chi connectivity index (χ1v) is 7.79. The second kappa shape index (κ2) is 5.58. The van der Waals surface area contributed by atoms with Gasteiger partial charge in [-0.2, -0.15) is 0 Å². The third kappa shape index (κ3) is 2.59. The van der Waals surface area contributed by atoms with Gasteiger partial charge in [0.2, 0.25) is 0 Å². The third-order valence-corrected chi connectivity index (χ3v) is 5.24. The van der Waals surface area contributed by atoms with Crippen LogP contribution in [0.3, 0.4) is 0 Å². The average molecular weight is 303 g/mol. The van der Waals surface area contributed by atoms with Gasteiger partial charge < -0.3 is 9.84 Å². The molecule has 0 unspecified atom stereocenters. The molecule has 1 N–H and O–H groups in total. The zero-order chi connectivity index (χ0) is 14.9. The molecule has 0 spiro atoms. The van der Waals surface area contributed by atoms with Crippen molar-refractivity contribution in [2.24, 2.45) is 0 Å². The predicted molar refractivity (Wildman–Crippen MR) is 81.4 cm³/mol. The number of rotatable bonds is 5.